The van der Waals surface area contributed by atoms with Crippen LogP contribution in [-0.4, -0.2) is 13.2 Å². The minimum atomic E-state index is 0.312. The molecule has 0 aliphatic carbocycles. The topological polar surface area (TPSA) is 9.23 Å². The minimum absolute atomic E-state index is 0.312. The summed E-state index contributed by atoms with van der Waals surface area (Å²) in [5, 5.41) is 2.42. The van der Waals surface area contributed by atoms with E-state index in [1.54, 1.807) is 0 Å². The first-order valence-corrected chi connectivity index (χ1v) is 5.39. The second-order valence-corrected chi connectivity index (χ2v) is 3.56. The maximum Gasteiger partial charge on any atom is 0.109 e. The highest BCUT2D eigenvalue weighted by Crippen LogP contribution is 2.14. The summed E-state index contributed by atoms with van der Waals surface area (Å²) >= 11 is 0. The average molecular weight is 220 g/mol. The van der Waals surface area contributed by atoms with Crippen LogP contribution in [0.2, 0.25) is 0 Å². The molecule has 0 radical (unpaired) electrons. The summed E-state index contributed by atoms with van der Waals surface area (Å²) < 4.78 is 5.08. The lowest BCUT2D eigenvalue weighted by Gasteiger charge is -1.97. The molecule has 2 aromatic carbocycles. The van der Waals surface area contributed by atoms with E-state index in [1.807, 2.05) is 18.2 Å². The molecule has 0 bridgehead atoms. The van der Waals surface area contributed by atoms with E-state index >= 15 is 0 Å². The maximum absolute atomic E-state index is 5.08. The van der Waals surface area contributed by atoms with Crippen molar-refractivity contribution in [1.82, 2.24) is 0 Å². The van der Waals surface area contributed by atoms with E-state index in [2.05, 4.69) is 42.0 Å². The zero-order valence-electron chi connectivity index (χ0n) is 9.44. The zero-order chi connectivity index (χ0) is 11.9. The number of terminal acetylenes is 1. The van der Waals surface area contributed by atoms with Crippen molar-refractivity contribution in [2.45, 2.75) is 0 Å². The Hall–Kier alpha value is -2.22. The Bertz CT molecular complexity index is 608. The molecular formula is C16H12O. The quantitative estimate of drug-likeness (QED) is 0.558. The summed E-state index contributed by atoms with van der Waals surface area (Å²) in [7, 11) is 0. The zero-order valence-corrected chi connectivity index (χ0v) is 9.44. The van der Waals surface area contributed by atoms with E-state index in [1.165, 1.54) is 10.8 Å². The molecule has 82 valence electrons. The fourth-order valence-corrected chi connectivity index (χ4v) is 1.57. The van der Waals surface area contributed by atoms with Crippen LogP contribution in [0, 0.1) is 24.2 Å². The Kier molecular flexibility index (Phi) is 3.81. The Balaban J connectivity index is 2.12. The van der Waals surface area contributed by atoms with Crippen molar-refractivity contribution >= 4 is 10.8 Å². The molecule has 0 aliphatic rings. The molecule has 0 saturated heterocycles. The van der Waals surface area contributed by atoms with Gasteiger partial charge >= 0.3 is 0 Å². The molecule has 0 spiro atoms. The Morgan fingerprint density at radius 3 is 2.65 bits per heavy atom. The van der Waals surface area contributed by atoms with Crippen LogP contribution < -0.4 is 0 Å². The van der Waals surface area contributed by atoms with E-state index in [-0.39, 0.29) is 0 Å². The predicted octanol–water partition coefficient (Wildman–Crippen LogP) is 2.84. The van der Waals surface area contributed by atoms with Crippen molar-refractivity contribution in [2.24, 2.45) is 0 Å². The van der Waals surface area contributed by atoms with Gasteiger partial charge in [-0.2, -0.15) is 0 Å². The van der Waals surface area contributed by atoms with Crippen molar-refractivity contribution in [2.75, 3.05) is 13.2 Å². The molecule has 0 atom stereocenters. The second kappa shape index (κ2) is 5.75. The highest BCUT2D eigenvalue weighted by atomic mass is 16.5. The van der Waals surface area contributed by atoms with E-state index < -0.39 is 0 Å². The smallest absolute Gasteiger partial charge is 0.109 e. The summed E-state index contributed by atoms with van der Waals surface area (Å²) in [5.41, 5.74) is 0.994. The first-order valence-electron chi connectivity index (χ1n) is 5.39. The van der Waals surface area contributed by atoms with Crippen LogP contribution in [0.3, 0.4) is 0 Å². The summed E-state index contributed by atoms with van der Waals surface area (Å²) in [5.74, 6) is 8.39. The molecule has 0 heterocycles. The first kappa shape index (κ1) is 11.3. The van der Waals surface area contributed by atoms with Gasteiger partial charge in [0.05, 0.1) is 0 Å². The van der Waals surface area contributed by atoms with Crippen molar-refractivity contribution in [3.8, 4) is 24.2 Å². The van der Waals surface area contributed by atoms with Crippen LogP contribution in [0.5, 0.6) is 0 Å². The molecule has 0 saturated carbocycles. The largest absolute Gasteiger partial charge is 0.356 e. The number of benzene rings is 2. The fraction of sp³-hybridized carbons (Fsp3) is 0.125. The third-order valence-corrected chi connectivity index (χ3v) is 2.34. The van der Waals surface area contributed by atoms with Crippen LogP contribution in [-0.2, 0) is 4.74 Å². The lowest BCUT2D eigenvalue weighted by atomic mass is 10.1. The number of ether oxygens (including phenoxy) is 1. The van der Waals surface area contributed by atoms with Gasteiger partial charge in [0.1, 0.15) is 13.2 Å². The summed E-state index contributed by atoms with van der Waals surface area (Å²) in [6, 6.07) is 14.4. The van der Waals surface area contributed by atoms with Gasteiger partial charge in [0.25, 0.3) is 0 Å². The molecule has 2 aromatic rings. The van der Waals surface area contributed by atoms with Gasteiger partial charge in [0.2, 0.25) is 0 Å². The lowest BCUT2D eigenvalue weighted by molar-refractivity contribution is 0.205. The van der Waals surface area contributed by atoms with Gasteiger partial charge in [-0.1, -0.05) is 48.1 Å². The van der Waals surface area contributed by atoms with Gasteiger partial charge in [0.15, 0.2) is 0 Å². The molecule has 0 unspecified atom stereocenters. The second-order valence-electron chi connectivity index (χ2n) is 3.56. The maximum atomic E-state index is 5.08. The molecule has 17 heavy (non-hydrogen) atoms. The van der Waals surface area contributed by atoms with Crippen LogP contribution >= 0.6 is 0 Å². The number of hydrogen-bond donors (Lipinski definition) is 0. The van der Waals surface area contributed by atoms with Gasteiger partial charge in [-0.05, 0) is 22.9 Å². The Labute approximate surface area is 101 Å². The van der Waals surface area contributed by atoms with Crippen molar-refractivity contribution in [1.29, 1.82) is 0 Å². The first-order chi connectivity index (χ1) is 8.40. The predicted molar refractivity (Wildman–Crippen MR) is 70.5 cm³/mol. The monoisotopic (exact) mass is 220 g/mol. The third kappa shape index (κ3) is 3.11. The van der Waals surface area contributed by atoms with E-state index in [0.29, 0.717) is 13.2 Å². The Morgan fingerprint density at radius 1 is 1.00 bits per heavy atom. The van der Waals surface area contributed by atoms with E-state index in [9.17, 15) is 0 Å². The molecule has 0 fully saturated rings. The average Bonchev–Trinajstić information content (AvgIpc) is 2.38. The fourth-order valence-electron chi connectivity index (χ4n) is 1.57. The van der Waals surface area contributed by atoms with Crippen LogP contribution in [0.4, 0.5) is 0 Å². The summed E-state index contributed by atoms with van der Waals surface area (Å²) in [6.07, 6.45) is 5.06. The minimum Gasteiger partial charge on any atom is -0.356 e. The molecule has 2 rings (SSSR count). The third-order valence-electron chi connectivity index (χ3n) is 2.34. The molecule has 0 N–H and O–H groups in total. The van der Waals surface area contributed by atoms with Crippen LogP contribution in [0.15, 0.2) is 42.5 Å². The van der Waals surface area contributed by atoms with Crippen LogP contribution in [0.1, 0.15) is 5.56 Å². The van der Waals surface area contributed by atoms with Gasteiger partial charge in [-0.3, -0.25) is 0 Å². The van der Waals surface area contributed by atoms with E-state index in [4.69, 9.17) is 11.2 Å². The Morgan fingerprint density at radius 2 is 1.82 bits per heavy atom. The number of hydrogen-bond acceptors (Lipinski definition) is 1. The molecule has 1 nitrogen and oxygen atoms in total. The highest BCUT2D eigenvalue weighted by molar-refractivity contribution is 5.83. The van der Waals surface area contributed by atoms with Crippen LogP contribution in [0.25, 0.3) is 10.8 Å². The van der Waals surface area contributed by atoms with Gasteiger partial charge in [-0.25, -0.2) is 0 Å². The molecule has 0 amide bonds. The van der Waals surface area contributed by atoms with Crippen molar-refractivity contribution in [3.63, 3.8) is 0 Å². The summed E-state index contributed by atoms with van der Waals surface area (Å²) in [6.45, 7) is 0.684. The van der Waals surface area contributed by atoms with E-state index in [0.717, 1.165) is 5.56 Å². The number of fused-ring (bicyclic) bond motifs is 1. The normalized spacial score (nSPS) is 9.35. The van der Waals surface area contributed by atoms with Crippen molar-refractivity contribution in [3.05, 3.63) is 48.0 Å². The standard InChI is InChI=1S/C16H12O/c1-2-11-17-12-5-6-14-9-10-15-7-3-4-8-16(15)13-14/h1,3-4,7-10,13H,11-12H2. The summed E-state index contributed by atoms with van der Waals surface area (Å²) in [4.78, 5) is 0. The van der Waals surface area contributed by atoms with Crippen molar-refractivity contribution < 1.29 is 4.74 Å². The lowest BCUT2D eigenvalue weighted by Crippen LogP contribution is -1.90. The SMILES string of the molecule is C#CCOCC#Cc1ccc2ccccc2c1. The molecular weight excluding hydrogens is 208 g/mol. The van der Waals surface area contributed by atoms with Gasteiger partial charge in [-0.15, -0.1) is 6.42 Å². The van der Waals surface area contributed by atoms with Gasteiger partial charge < -0.3 is 4.74 Å². The highest BCUT2D eigenvalue weighted by Gasteiger charge is 1.92. The van der Waals surface area contributed by atoms with Gasteiger partial charge in [0, 0.05) is 5.56 Å². The molecule has 0 aliphatic heterocycles. The molecule has 1 heteroatoms. The number of rotatable bonds is 2. The molecule has 0 aromatic heterocycles.